The Labute approximate surface area is 306 Å². The molecule has 0 aromatic heterocycles. The van der Waals surface area contributed by atoms with Crippen LogP contribution in [-0.2, 0) is 4.79 Å². The zero-order valence-electron chi connectivity index (χ0n) is 33.0. The molecule has 0 bridgehead atoms. The summed E-state index contributed by atoms with van der Waals surface area (Å²) in [4.78, 5) is 12.4. The van der Waals surface area contributed by atoms with Gasteiger partial charge in [0.1, 0.15) is 0 Å². The van der Waals surface area contributed by atoms with Gasteiger partial charge in [0.25, 0.3) is 0 Å². The summed E-state index contributed by atoms with van der Waals surface area (Å²) in [5, 5.41) is 23.0. The van der Waals surface area contributed by atoms with Crippen LogP contribution in [0.2, 0.25) is 0 Å². The maximum absolute atomic E-state index is 12.4. The summed E-state index contributed by atoms with van der Waals surface area (Å²) in [7, 11) is 0. The van der Waals surface area contributed by atoms with E-state index in [0.717, 1.165) is 32.1 Å². The highest BCUT2D eigenvalue weighted by molar-refractivity contribution is 5.76. The first-order valence-corrected chi connectivity index (χ1v) is 21.7. The number of nitrogens with one attached hydrogen (secondary N) is 1. The second-order valence-electron chi connectivity index (χ2n) is 14.8. The number of carbonyl (C=O) groups excluding carboxylic acids is 1. The standard InChI is InChI=1S/C45H85NO3/c1-3-5-7-9-11-13-15-17-19-21-22-23-24-25-27-29-31-33-35-37-39-41-45(49)46-43(42-47)44(48)40-38-36-34-32-30-28-26-20-18-16-14-12-10-8-6-4-2/h21-22,30,32,38,40,43-44,47-48H,3-20,23-29,31,33-37,39,41-42H2,1-2H3,(H,46,49)/b22-21-,32-30+,40-38+. The summed E-state index contributed by atoms with van der Waals surface area (Å²) < 4.78 is 0. The van der Waals surface area contributed by atoms with Crippen LogP contribution in [-0.4, -0.2) is 34.9 Å². The minimum atomic E-state index is -0.861. The van der Waals surface area contributed by atoms with Gasteiger partial charge >= 0.3 is 0 Å². The van der Waals surface area contributed by atoms with Crippen LogP contribution in [0.5, 0.6) is 0 Å². The highest BCUT2D eigenvalue weighted by atomic mass is 16.3. The summed E-state index contributed by atoms with van der Waals surface area (Å²) in [6.07, 6.45) is 53.9. The van der Waals surface area contributed by atoms with Crippen molar-refractivity contribution in [2.75, 3.05) is 6.61 Å². The topological polar surface area (TPSA) is 69.6 Å². The molecule has 0 aliphatic heterocycles. The number of unbranched alkanes of at least 4 members (excludes halogenated alkanes) is 28. The lowest BCUT2D eigenvalue weighted by atomic mass is 10.0. The van der Waals surface area contributed by atoms with E-state index in [4.69, 9.17) is 0 Å². The van der Waals surface area contributed by atoms with Crippen LogP contribution < -0.4 is 5.32 Å². The summed E-state index contributed by atoms with van der Waals surface area (Å²) in [6.45, 7) is 4.30. The SMILES string of the molecule is CCCCCCCCCC/C=C\CCCCCCCCCCCC(=O)NC(CO)C(O)/C=C/CC/C=C/CCCCCCCCCCCC. The van der Waals surface area contributed by atoms with E-state index >= 15 is 0 Å². The van der Waals surface area contributed by atoms with Crippen molar-refractivity contribution in [2.24, 2.45) is 0 Å². The number of hydrogen-bond acceptors (Lipinski definition) is 3. The van der Waals surface area contributed by atoms with E-state index in [9.17, 15) is 15.0 Å². The molecule has 0 saturated heterocycles. The van der Waals surface area contributed by atoms with Gasteiger partial charge in [0.2, 0.25) is 5.91 Å². The fourth-order valence-corrected chi connectivity index (χ4v) is 6.48. The first-order valence-electron chi connectivity index (χ1n) is 21.7. The molecule has 1 amide bonds. The summed E-state index contributed by atoms with van der Waals surface area (Å²) in [5.41, 5.74) is 0. The average molecular weight is 688 g/mol. The Morgan fingerprint density at radius 3 is 1.18 bits per heavy atom. The monoisotopic (exact) mass is 688 g/mol. The zero-order chi connectivity index (χ0) is 35.7. The zero-order valence-corrected chi connectivity index (χ0v) is 33.0. The number of aliphatic hydroxyl groups is 2. The second-order valence-corrected chi connectivity index (χ2v) is 14.8. The van der Waals surface area contributed by atoms with Crippen molar-refractivity contribution in [3.63, 3.8) is 0 Å². The van der Waals surface area contributed by atoms with E-state index in [2.05, 4.69) is 43.5 Å². The van der Waals surface area contributed by atoms with Gasteiger partial charge in [0.15, 0.2) is 0 Å². The quantitative estimate of drug-likeness (QED) is 0.0445. The van der Waals surface area contributed by atoms with Crippen molar-refractivity contribution in [1.29, 1.82) is 0 Å². The number of allylic oxidation sites excluding steroid dienone is 5. The van der Waals surface area contributed by atoms with Gasteiger partial charge in [-0.1, -0.05) is 198 Å². The molecule has 0 spiro atoms. The lowest BCUT2D eigenvalue weighted by Crippen LogP contribution is -2.45. The van der Waals surface area contributed by atoms with Crippen LogP contribution in [0.4, 0.5) is 0 Å². The Kier molecular flexibility index (Phi) is 39.9. The number of carbonyl (C=O) groups is 1. The fourth-order valence-electron chi connectivity index (χ4n) is 6.48. The van der Waals surface area contributed by atoms with Gasteiger partial charge in [-0.25, -0.2) is 0 Å². The molecule has 0 aromatic carbocycles. The number of hydrogen-bond donors (Lipinski definition) is 3. The number of aliphatic hydroxyl groups excluding tert-OH is 2. The molecule has 49 heavy (non-hydrogen) atoms. The third-order valence-electron chi connectivity index (χ3n) is 9.85. The molecule has 2 atom stereocenters. The first kappa shape index (κ1) is 47.6. The highest BCUT2D eigenvalue weighted by Crippen LogP contribution is 2.14. The molecular formula is C45H85NO3. The molecule has 4 nitrogen and oxygen atoms in total. The largest absolute Gasteiger partial charge is 0.394 e. The van der Waals surface area contributed by atoms with Crippen molar-refractivity contribution in [1.82, 2.24) is 5.32 Å². The maximum Gasteiger partial charge on any atom is 0.220 e. The Morgan fingerprint density at radius 1 is 0.469 bits per heavy atom. The maximum atomic E-state index is 12.4. The Morgan fingerprint density at radius 2 is 0.796 bits per heavy atom. The molecule has 288 valence electrons. The molecule has 3 N–H and O–H groups in total. The molecule has 0 radical (unpaired) electrons. The van der Waals surface area contributed by atoms with Crippen LogP contribution in [0, 0.1) is 0 Å². The van der Waals surface area contributed by atoms with Crippen molar-refractivity contribution in [3.05, 3.63) is 36.5 Å². The Bertz CT molecular complexity index is 746. The Balaban J connectivity index is 3.60. The summed E-state index contributed by atoms with van der Waals surface area (Å²) in [6, 6.07) is -0.638. The van der Waals surface area contributed by atoms with Crippen molar-refractivity contribution < 1.29 is 15.0 Å². The normalized spacial score (nSPS) is 13.3. The molecular weight excluding hydrogens is 602 g/mol. The number of rotatable bonds is 39. The summed E-state index contributed by atoms with van der Waals surface area (Å²) in [5.74, 6) is -0.0757. The van der Waals surface area contributed by atoms with Crippen molar-refractivity contribution in [3.8, 4) is 0 Å². The first-order chi connectivity index (χ1) is 24.2. The molecule has 0 aliphatic rings. The molecule has 0 saturated carbocycles. The van der Waals surface area contributed by atoms with Crippen molar-refractivity contribution in [2.45, 2.75) is 238 Å². The minimum Gasteiger partial charge on any atom is -0.394 e. The summed E-state index contributed by atoms with van der Waals surface area (Å²) >= 11 is 0. The number of amides is 1. The van der Waals surface area contributed by atoms with E-state index in [1.807, 2.05) is 6.08 Å². The van der Waals surface area contributed by atoms with Crippen LogP contribution in [0.3, 0.4) is 0 Å². The van der Waals surface area contributed by atoms with Gasteiger partial charge in [-0.15, -0.1) is 0 Å². The average Bonchev–Trinajstić information content (AvgIpc) is 3.10. The van der Waals surface area contributed by atoms with E-state index in [-0.39, 0.29) is 12.5 Å². The fraction of sp³-hybridized carbons (Fsp3) is 0.844. The van der Waals surface area contributed by atoms with Gasteiger partial charge < -0.3 is 15.5 Å². The second kappa shape index (κ2) is 41.0. The van der Waals surface area contributed by atoms with Gasteiger partial charge in [-0.2, -0.15) is 0 Å². The smallest absolute Gasteiger partial charge is 0.220 e. The van der Waals surface area contributed by atoms with Crippen LogP contribution >= 0.6 is 0 Å². The lowest BCUT2D eigenvalue weighted by molar-refractivity contribution is -0.123. The predicted molar refractivity (Wildman–Crippen MR) is 216 cm³/mol. The van der Waals surface area contributed by atoms with Gasteiger partial charge in [-0.05, 0) is 57.8 Å². The van der Waals surface area contributed by atoms with Crippen LogP contribution in [0.15, 0.2) is 36.5 Å². The van der Waals surface area contributed by atoms with Gasteiger partial charge in [0.05, 0.1) is 18.8 Å². The van der Waals surface area contributed by atoms with E-state index in [0.29, 0.717) is 6.42 Å². The molecule has 2 unspecified atom stereocenters. The third kappa shape index (κ3) is 37.7. The van der Waals surface area contributed by atoms with E-state index in [1.54, 1.807) is 6.08 Å². The molecule has 0 rings (SSSR count). The third-order valence-corrected chi connectivity index (χ3v) is 9.85. The Hall–Kier alpha value is -1.39. The van der Waals surface area contributed by atoms with E-state index in [1.165, 1.54) is 173 Å². The van der Waals surface area contributed by atoms with Crippen LogP contribution in [0.25, 0.3) is 0 Å². The minimum absolute atomic E-state index is 0.0757. The molecule has 0 heterocycles. The highest BCUT2D eigenvalue weighted by Gasteiger charge is 2.17. The lowest BCUT2D eigenvalue weighted by Gasteiger charge is -2.19. The van der Waals surface area contributed by atoms with Crippen LogP contribution in [0.1, 0.15) is 226 Å². The molecule has 0 fully saturated rings. The van der Waals surface area contributed by atoms with E-state index < -0.39 is 12.1 Å². The predicted octanol–water partition coefficient (Wildman–Crippen LogP) is 13.4. The van der Waals surface area contributed by atoms with Crippen molar-refractivity contribution >= 4 is 5.91 Å². The molecule has 0 aromatic rings. The molecule has 0 aliphatic carbocycles. The van der Waals surface area contributed by atoms with Gasteiger partial charge in [-0.3, -0.25) is 4.79 Å². The van der Waals surface area contributed by atoms with Gasteiger partial charge in [0, 0.05) is 6.42 Å². The molecule has 4 heteroatoms.